The maximum Gasteiger partial charge on any atom is 0.183 e. The number of nitriles is 1. The van der Waals surface area contributed by atoms with E-state index >= 15 is 0 Å². The van der Waals surface area contributed by atoms with Crippen LogP contribution in [-0.2, 0) is 0 Å². The molecule has 25 heavy (non-hydrogen) atoms. The summed E-state index contributed by atoms with van der Waals surface area (Å²) in [5.41, 5.74) is 9.38. The summed E-state index contributed by atoms with van der Waals surface area (Å²) in [6, 6.07) is 7.54. The van der Waals surface area contributed by atoms with Crippen molar-refractivity contribution in [1.82, 2.24) is 24.5 Å². The Morgan fingerprint density at radius 1 is 1.24 bits per heavy atom. The molecule has 0 amide bonds. The first-order chi connectivity index (χ1) is 12.1. The number of hydrogen-bond acceptors (Lipinski definition) is 7. The third kappa shape index (κ3) is 2.59. The zero-order chi connectivity index (χ0) is 17.6. The summed E-state index contributed by atoms with van der Waals surface area (Å²) >= 11 is 7.64. The van der Waals surface area contributed by atoms with Crippen molar-refractivity contribution in [3.8, 4) is 27.9 Å². The lowest BCUT2D eigenvalue weighted by atomic mass is 10.1. The Kier molecular flexibility index (Phi) is 3.60. The van der Waals surface area contributed by atoms with Crippen LogP contribution >= 0.6 is 23.1 Å². The number of fused-ring (bicyclic) bond motifs is 1. The van der Waals surface area contributed by atoms with E-state index in [4.69, 9.17) is 17.3 Å². The molecule has 0 fully saturated rings. The minimum absolute atomic E-state index is 0.0726. The van der Waals surface area contributed by atoms with Crippen molar-refractivity contribution in [3.63, 3.8) is 0 Å². The highest BCUT2D eigenvalue weighted by molar-refractivity contribution is 7.09. The summed E-state index contributed by atoms with van der Waals surface area (Å²) in [5.74, 6) is 0.0859. The number of benzene rings is 1. The van der Waals surface area contributed by atoms with Crippen LogP contribution in [0.1, 0.15) is 11.4 Å². The van der Waals surface area contributed by atoms with E-state index in [1.807, 2.05) is 25.1 Å². The average Bonchev–Trinajstić information content (AvgIpc) is 3.23. The first-order valence-corrected chi connectivity index (χ1v) is 8.36. The fourth-order valence-corrected chi connectivity index (χ4v) is 3.55. The van der Waals surface area contributed by atoms with Gasteiger partial charge < -0.3 is 5.73 Å². The van der Waals surface area contributed by atoms with E-state index in [2.05, 4.69) is 24.5 Å². The number of anilines is 1. The van der Waals surface area contributed by atoms with Gasteiger partial charge in [0.25, 0.3) is 0 Å². The van der Waals surface area contributed by atoms with Gasteiger partial charge in [-0.15, -0.1) is 0 Å². The number of aryl methyl sites for hydroxylation is 1. The van der Waals surface area contributed by atoms with Crippen molar-refractivity contribution in [2.75, 3.05) is 5.73 Å². The third-order valence-corrected chi connectivity index (χ3v) is 4.85. The van der Waals surface area contributed by atoms with E-state index in [1.54, 1.807) is 12.3 Å². The van der Waals surface area contributed by atoms with Gasteiger partial charge in [-0.05, 0) is 36.7 Å². The van der Waals surface area contributed by atoms with E-state index in [0.29, 0.717) is 16.4 Å². The van der Waals surface area contributed by atoms with Gasteiger partial charge in [0.2, 0.25) is 0 Å². The molecule has 1 aromatic carbocycles. The molecule has 0 atom stereocenters. The fraction of sp³-hybridized carbons (Fsp3) is 0.0625. The van der Waals surface area contributed by atoms with E-state index in [-0.39, 0.29) is 11.5 Å². The van der Waals surface area contributed by atoms with Crippen LogP contribution in [-0.4, -0.2) is 24.5 Å². The van der Waals surface area contributed by atoms with Crippen LogP contribution in [0.5, 0.6) is 0 Å². The Balaban J connectivity index is 2.02. The summed E-state index contributed by atoms with van der Waals surface area (Å²) in [7, 11) is 0. The van der Waals surface area contributed by atoms with Gasteiger partial charge in [0, 0.05) is 10.9 Å². The number of rotatable bonds is 2. The molecule has 0 radical (unpaired) electrons. The Hall–Kier alpha value is -3.02. The van der Waals surface area contributed by atoms with Crippen molar-refractivity contribution < 1.29 is 0 Å². The van der Waals surface area contributed by atoms with E-state index < -0.39 is 0 Å². The summed E-state index contributed by atoms with van der Waals surface area (Å²) in [5, 5.41) is 17.5. The molecule has 3 N–H and O–H groups in total. The van der Waals surface area contributed by atoms with Crippen molar-refractivity contribution in [3.05, 3.63) is 40.8 Å². The molecule has 3 aromatic heterocycles. The number of nitrogen functional groups attached to an aromatic ring is 1. The highest BCUT2D eigenvalue weighted by Gasteiger charge is 2.18. The maximum atomic E-state index is 9.27. The second-order valence-corrected chi connectivity index (χ2v) is 6.60. The van der Waals surface area contributed by atoms with Crippen LogP contribution in [0.25, 0.3) is 32.7 Å². The molecule has 3 heterocycles. The van der Waals surface area contributed by atoms with Gasteiger partial charge >= 0.3 is 0 Å². The molecule has 0 saturated carbocycles. The Morgan fingerprint density at radius 3 is 2.80 bits per heavy atom. The molecule has 0 spiro atoms. The molecule has 0 aliphatic heterocycles. The molecule has 122 valence electrons. The van der Waals surface area contributed by atoms with Crippen LogP contribution < -0.4 is 5.73 Å². The zero-order valence-electron chi connectivity index (χ0n) is 12.9. The van der Waals surface area contributed by atoms with Gasteiger partial charge in [-0.3, -0.25) is 5.10 Å². The molecule has 9 heteroatoms. The Labute approximate surface area is 151 Å². The molecule has 4 rings (SSSR count). The first-order valence-electron chi connectivity index (χ1n) is 7.21. The van der Waals surface area contributed by atoms with Gasteiger partial charge in [-0.1, -0.05) is 11.6 Å². The summed E-state index contributed by atoms with van der Waals surface area (Å²) < 4.78 is 4.29. The minimum Gasteiger partial charge on any atom is -0.381 e. The molecule has 0 unspecified atom stereocenters. The maximum absolute atomic E-state index is 9.27. The van der Waals surface area contributed by atoms with Gasteiger partial charge in [0.05, 0.1) is 33.0 Å². The number of nitrogens with two attached hydrogens (primary N) is 1. The molecule has 7 nitrogen and oxygen atoms in total. The Bertz CT molecular complexity index is 1160. The van der Waals surface area contributed by atoms with Gasteiger partial charge in [-0.25, -0.2) is 9.97 Å². The monoisotopic (exact) mass is 367 g/mol. The van der Waals surface area contributed by atoms with Gasteiger partial charge in [-0.2, -0.15) is 14.7 Å². The molecule has 0 aliphatic rings. The average molecular weight is 368 g/mol. The lowest BCUT2D eigenvalue weighted by Gasteiger charge is -2.09. The minimum atomic E-state index is 0.0726. The second kappa shape index (κ2) is 5.81. The third-order valence-electron chi connectivity index (χ3n) is 3.66. The van der Waals surface area contributed by atoms with Crippen molar-refractivity contribution in [2.24, 2.45) is 0 Å². The van der Waals surface area contributed by atoms with Crippen LogP contribution in [0.4, 0.5) is 5.82 Å². The molecule has 4 aromatic rings. The number of hydrogen-bond donors (Lipinski definition) is 2. The normalized spacial score (nSPS) is 10.9. The quantitative estimate of drug-likeness (QED) is 0.559. The lowest BCUT2D eigenvalue weighted by Crippen LogP contribution is -2.02. The number of halogens is 1. The van der Waals surface area contributed by atoms with E-state index in [1.165, 1.54) is 11.5 Å². The summed E-state index contributed by atoms with van der Waals surface area (Å²) in [6.07, 6.45) is 1.68. The van der Waals surface area contributed by atoms with Crippen LogP contribution in [0, 0.1) is 18.3 Å². The predicted molar refractivity (Wildman–Crippen MR) is 97.1 cm³/mol. The molecular weight excluding hydrogens is 358 g/mol. The number of nitrogens with zero attached hydrogens (tertiary/aromatic N) is 5. The predicted octanol–water partition coefficient (Wildman–Crippen LogP) is 3.56. The van der Waals surface area contributed by atoms with E-state index in [9.17, 15) is 5.26 Å². The highest BCUT2D eigenvalue weighted by atomic mass is 35.5. The van der Waals surface area contributed by atoms with Crippen LogP contribution in [0.3, 0.4) is 0 Å². The number of aromatic nitrogens is 5. The molecule has 0 bridgehead atoms. The topological polar surface area (TPSA) is 117 Å². The Morgan fingerprint density at radius 2 is 2.08 bits per heavy atom. The van der Waals surface area contributed by atoms with Gasteiger partial charge in [0.1, 0.15) is 11.8 Å². The van der Waals surface area contributed by atoms with Crippen molar-refractivity contribution in [2.45, 2.75) is 6.92 Å². The van der Waals surface area contributed by atoms with Crippen molar-refractivity contribution in [1.29, 1.82) is 5.26 Å². The summed E-state index contributed by atoms with van der Waals surface area (Å²) in [4.78, 5) is 9.64. The molecule has 0 aliphatic carbocycles. The van der Waals surface area contributed by atoms with Gasteiger partial charge in [0.15, 0.2) is 11.5 Å². The summed E-state index contributed by atoms with van der Waals surface area (Å²) in [6.45, 7) is 1.90. The zero-order valence-corrected chi connectivity index (χ0v) is 14.5. The standard InChI is InChI=1S/C16H10ClN7S/c1-7-2-12(25-24-7)15-14(21-11(5-18)16(19)22-15)8-3-9-6-20-23-13(9)10(17)4-8/h2-4,6H,1H3,(H2,19,22)(H,20,23). The van der Waals surface area contributed by atoms with Crippen molar-refractivity contribution >= 4 is 39.9 Å². The number of aromatic amines is 1. The smallest absolute Gasteiger partial charge is 0.183 e. The molecular formula is C16H10ClN7S. The van der Waals surface area contributed by atoms with Crippen LogP contribution in [0.2, 0.25) is 5.02 Å². The number of nitrogens with one attached hydrogen (secondary N) is 1. The largest absolute Gasteiger partial charge is 0.381 e. The van der Waals surface area contributed by atoms with E-state index in [0.717, 1.165) is 27.0 Å². The molecule has 0 saturated heterocycles. The lowest BCUT2D eigenvalue weighted by molar-refractivity contribution is 1.12. The first kappa shape index (κ1) is 15.5. The van der Waals surface area contributed by atoms with Crippen LogP contribution in [0.15, 0.2) is 24.4 Å². The highest BCUT2D eigenvalue weighted by Crippen LogP contribution is 2.36. The fourth-order valence-electron chi connectivity index (χ4n) is 2.53. The second-order valence-electron chi connectivity index (χ2n) is 5.39. The SMILES string of the molecule is Cc1cc(-c2nc(N)c(C#N)nc2-c2cc(Cl)c3[nH]ncc3c2)sn1. The number of H-pyrrole nitrogens is 1.